The van der Waals surface area contributed by atoms with Gasteiger partial charge in [-0.25, -0.2) is 0 Å². The molecule has 0 fully saturated rings. The van der Waals surface area contributed by atoms with Crippen LogP contribution in [0, 0.1) is 5.92 Å². The predicted molar refractivity (Wildman–Crippen MR) is 56.5 cm³/mol. The molecule has 1 aliphatic heterocycles. The fourth-order valence-corrected chi connectivity index (χ4v) is 1.83. The zero-order valence-corrected chi connectivity index (χ0v) is 7.96. The number of hydrogen-bond donors (Lipinski definition) is 1. The fraction of sp³-hybridized carbons (Fsp3) is 0.333. The first kappa shape index (κ1) is 8.52. The highest BCUT2D eigenvalue weighted by Gasteiger charge is 2.13. The van der Waals surface area contributed by atoms with Crippen LogP contribution in [-0.2, 0) is 0 Å². The summed E-state index contributed by atoms with van der Waals surface area (Å²) in [5.74, 6) is 0.635. The molecule has 0 aliphatic carbocycles. The van der Waals surface area contributed by atoms with Crippen molar-refractivity contribution in [2.24, 2.45) is 5.92 Å². The standard InChI is InChI=1S/C12H15N/c1-10-9-13-8-7-12(10)11-5-3-2-4-6-11/h2-7,10,13H,8-9H2,1H3. The van der Waals surface area contributed by atoms with E-state index >= 15 is 0 Å². The van der Waals surface area contributed by atoms with Gasteiger partial charge in [0.15, 0.2) is 0 Å². The Kier molecular flexibility index (Phi) is 2.46. The van der Waals surface area contributed by atoms with Crippen molar-refractivity contribution in [2.75, 3.05) is 13.1 Å². The Morgan fingerprint density at radius 3 is 2.69 bits per heavy atom. The van der Waals surface area contributed by atoms with Crippen LogP contribution in [0.2, 0.25) is 0 Å². The van der Waals surface area contributed by atoms with E-state index in [1.54, 1.807) is 0 Å². The largest absolute Gasteiger partial charge is 0.313 e. The monoisotopic (exact) mass is 173 g/mol. The van der Waals surface area contributed by atoms with Gasteiger partial charge < -0.3 is 5.32 Å². The molecular formula is C12H15N. The molecule has 0 saturated heterocycles. The average Bonchev–Trinajstić information content (AvgIpc) is 2.20. The fourth-order valence-electron chi connectivity index (χ4n) is 1.83. The molecule has 1 N–H and O–H groups in total. The van der Waals surface area contributed by atoms with Gasteiger partial charge >= 0.3 is 0 Å². The molecule has 0 radical (unpaired) electrons. The summed E-state index contributed by atoms with van der Waals surface area (Å²) >= 11 is 0. The van der Waals surface area contributed by atoms with Crippen molar-refractivity contribution in [1.29, 1.82) is 0 Å². The topological polar surface area (TPSA) is 12.0 Å². The molecule has 68 valence electrons. The van der Waals surface area contributed by atoms with Crippen LogP contribution in [0.5, 0.6) is 0 Å². The van der Waals surface area contributed by atoms with Gasteiger partial charge in [0, 0.05) is 13.1 Å². The van der Waals surface area contributed by atoms with Crippen molar-refractivity contribution in [3.63, 3.8) is 0 Å². The lowest BCUT2D eigenvalue weighted by Crippen LogP contribution is -2.26. The van der Waals surface area contributed by atoms with Crippen molar-refractivity contribution in [3.8, 4) is 0 Å². The SMILES string of the molecule is CC1CNCC=C1c1ccccc1. The molecule has 0 aromatic heterocycles. The Balaban J connectivity index is 2.30. The highest BCUT2D eigenvalue weighted by Crippen LogP contribution is 2.24. The lowest BCUT2D eigenvalue weighted by molar-refractivity contribution is 0.615. The molecule has 0 spiro atoms. The second kappa shape index (κ2) is 3.75. The normalized spacial score (nSPS) is 22.5. The molecule has 1 aromatic carbocycles. The van der Waals surface area contributed by atoms with Crippen LogP contribution >= 0.6 is 0 Å². The quantitative estimate of drug-likeness (QED) is 0.687. The summed E-state index contributed by atoms with van der Waals surface area (Å²) in [5.41, 5.74) is 2.86. The Morgan fingerprint density at radius 1 is 1.23 bits per heavy atom. The Morgan fingerprint density at radius 2 is 2.00 bits per heavy atom. The summed E-state index contributed by atoms with van der Waals surface area (Å²) in [6, 6.07) is 10.6. The van der Waals surface area contributed by atoms with E-state index in [-0.39, 0.29) is 0 Å². The highest BCUT2D eigenvalue weighted by atomic mass is 14.9. The summed E-state index contributed by atoms with van der Waals surface area (Å²) in [5, 5.41) is 3.36. The van der Waals surface area contributed by atoms with Crippen LogP contribution in [0.1, 0.15) is 12.5 Å². The van der Waals surface area contributed by atoms with E-state index in [1.165, 1.54) is 11.1 Å². The van der Waals surface area contributed by atoms with E-state index in [2.05, 4.69) is 48.6 Å². The van der Waals surface area contributed by atoms with Crippen LogP contribution in [0.4, 0.5) is 0 Å². The van der Waals surface area contributed by atoms with Crippen molar-refractivity contribution in [3.05, 3.63) is 42.0 Å². The van der Waals surface area contributed by atoms with E-state index in [0.29, 0.717) is 5.92 Å². The number of rotatable bonds is 1. The van der Waals surface area contributed by atoms with E-state index in [9.17, 15) is 0 Å². The molecule has 1 nitrogen and oxygen atoms in total. The zero-order valence-electron chi connectivity index (χ0n) is 7.96. The van der Waals surface area contributed by atoms with E-state index in [4.69, 9.17) is 0 Å². The summed E-state index contributed by atoms with van der Waals surface area (Å²) in [6.45, 7) is 4.38. The van der Waals surface area contributed by atoms with E-state index in [1.807, 2.05) is 0 Å². The van der Waals surface area contributed by atoms with Crippen LogP contribution in [0.3, 0.4) is 0 Å². The molecule has 0 amide bonds. The number of hydrogen-bond acceptors (Lipinski definition) is 1. The van der Waals surface area contributed by atoms with Crippen LogP contribution < -0.4 is 5.32 Å². The third-order valence-corrected chi connectivity index (χ3v) is 2.55. The second-order valence-corrected chi connectivity index (χ2v) is 3.58. The van der Waals surface area contributed by atoms with Gasteiger partial charge in [0.1, 0.15) is 0 Å². The third-order valence-electron chi connectivity index (χ3n) is 2.55. The van der Waals surface area contributed by atoms with Gasteiger partial charge in [-0.3, -0.25) is 0 Å². The lowest BCUT2D eigenvalue weighted by Gasteiger charge is -2.21. The van der Waals surface area contributed by atoms with E-state index in [0.717, 1.165) is 13.1 Å². The first-order valence-electron chi connectivity index (χ1n) is 4.84. The summed E-state index contributed by atoms with van der Waals surface area (Å²) in [4.78, 5) is 0. The summed E-state index contributed by atoms with van der Waals surface area (Å²) in [7, 11) is 0. The lowest BCUT2D eigenvalue weighted by atomic mass is 9.91. The first-order chi connectivity index (χ1) is 6.38. The Hall–Kier alpha value is -1.08. The zero-order chi connectivity index (χ0) is 9.10. The maximum atomic E-state index is 3.36. The minimum Gasteiger partial charge on any atom is -0.313 e. The molecule has 1 aliphatic rings. The van der Waals surface area contributed by atoms with Gasteiger partial charge in [-0.2, -0.15) is 0 Å². The third kappa shape index (κ3) is 1.81. The molecule has 1 atom stereocenters. The molecule has 2 rings (SSSR count). The summed E-state index contributed by atoms with van der Waals surface area (Å²) < 4.78 is 0. The van der Waals surface area contributed by atoms with Crippen LogP contribution in [0.25, 0.3) is 5.57 Å². The van der Waals surface area contributed by atoms with Crippen molar-refractivity contribution in [2.45, 2.75) is 6.92 Å². The molecule has 0 saturated carbocycles. The van der Waals surface area contributed by atoms with E-state index < -0.39 is 0 Å². The van der Waals surface area contributed by atoms with Gasteiger partial charge in [-0.05, 0) is 17.1 Å². The van der Waals surface area contributed by atoms with Crippen LogP contribution in [-0.4, -0.2) is 13.1 Å². The number of benzene rings is 1. The molecule has 1 heterocycles. The maximum Gasteiger partial charge on any atom is 0.0141 e. The van der Waals surface area contributed by atoms with Gasteiger partial charge in [0.25, 0.3) is 0 Å². The highest BCUT2D eigenvalue weighted by molar-refractivity contribution is 5.68. The Labute approximate surface area is 79.5 Å². The van der Waals surface area contributed by atoms with Crippen molar-refractivity contribution < 1.29 is 0 Å². The molecular weight excluding hydrogens is 158 g/mol. The number of nitrogens with one attached hydrogen (secondary N) is 1. The van der Waals surface area contributed by atoms with Crippen molar-refractivity contribution in [1.82, 2.24) is 5.32 Å². The van der Waals surface area contributed by atoms with Crippen LogP contribution in [0.15, 0.2) is 36.4 Å². The molecule has 1 unspecified atom stereocenters. The van der Waals surface area contributed by atoms with Gasteiger partial charge in [0.05, 0.1) is 0 Å². The van der Waals surface area contributed by atoms with Gasteiger partial charge in [-0.15, -0.1) is 0 Å². The smallest absolute Gasteiger partial charge is 0.0141 e. The molecule has 1 aromatic rings. The summed E-state index contributed by atoms with van der Waals surface area (Å²) in [6.07, 6.45) is 2.30. The predicted octanol–water partition coefficient (Wildman–Crippen LogP) is 2.31. The average molecular weight is 173 g/mol. The molecule has 0 bridgehead atoms. The van der Waals surface area contributed by atoms with Gasteiger partial charge in [-0.1, -0.05) is 43.3 Å². The van der Waals surface area contributed by atoms with Crippen molar-refractivity contribution >= 4 is 5.57 Å². The minimum absolute atomic E-state index is 0.635. The maximum absolute atomic E-state index is 3.36. The Bertz CT molecular complexity index is 300. The van der Waals surface area contributed by atoms with Gasteiger partial charge in [0.2, 0.25) is 0 Å². The molecule has 13 heavy (non-hydrogen) atoms. The molecule has 1 heteroatoms. The first-order valence-corrected chi connectivity index (χ1v) is 4.84. The second-order valence-electron chi connectivity index (χ2n) is 3.58. The minimum atomic E-state index is 0.635.